The first-order valence-electron chi connectivity index (χ1n) is 13.3. The summed E-state index contributed by atoms with van der Waals surface area (Å²) in [7, 11) is -0.389. The molecule has 35 heavy (non-hydrogen) atoms. The fourth-order valence-corrected chi connectivity index (χ4v) is 7.34. The number of benzene rings is 1. The number of hydrogen-bond acceptors (Lipinski definition) is 3. The Bertz CT molecular complexity index is 1150. The molecule has 4 heteroatoms. The molecule has 0 N–H and O–H groups in total. The second-order valence-electron chi connectivity index (χ2n) is 14.6. The lowest BCUT2D eigenvalue weighted by molar-refractivity contribution is -0.0105. The number of nitrogens with zero attached hydrogens (tertiary/aromatic N) is 1. The number of aromatic nitrogens is 1. The molecule has 1 aromatic heterocycles. The first kappa shape index (κ1) is 25.0. The molecule has 3 nitrogen and oxygen atoms in total. The molecule has 0 spiro atoms. The van der Waals surface area contributed by atoms with Gasteiger partial charge in [0.2, 0.25) is 0 Å². The Morgan fingerprint density at radius 3 is 1.51 bits per heavy atom. The van der Waals surface area contributed by atoms with E-state index in [1.807, 2.05) is 6.20 Å². The molecular formula is C31H44BNO2. The van der Waals surface area contributed by atoms with Crippen molar-refractivity contribution in [3.63, 3.8) is 0 Å². The highest BCUT2D eigenvalue weighted by atomic mass is 16.7. The van der Waals surface area contributed by atoms with Crippen molar-refractivity contribution in [3.05, 3.63) is 47.2 Å². The van der Waals surface area contributed by atoms with Gasteiger partial charge in [-0.1, -0.05) is 68.4 Å². The van der Waals surface area contributed by atoms with Crippen molar-refractivity contribution in [3.8, 4) is 11.3 Å². The summed E-state index contributed by atoms with van der Waals surface area (Å²) in [6.45, 7) is 30.6. The minimum absolute atomic E-state index is 0.0538. The fourth-order valence-electron chi connectivity index (χ4n) is 7.34. The van der Waals surface area contributed by atoms with E-state index in [1.54, 1.807) is 5.56 Å². The van der Waals surface area contributed by atoms with Crippen LogP contribution in [0.5, 0.6) is 0 Å². The summed E-state index contributed by atoms with van der Waals surface area (Å²) in [6, 6.07) is 9.11. The monoisotopic (exact) mass is 473 g/mol. The van der Waals surface area contributed by atoms with Crippen LogP contribution in [0.1, 0.15) is 107 Å². The van der Waals surface area contributed by atoms with Gasteiger partial charge < -0.3 is 9.31 Å². The normalized spacial score (nSPS) is 27.2. The molecule has 3 aliphatic rings. The fraction of sp³-hybridized carbons (Fsp3) is 0.645. The standard InChI is InChI=1S/C31H44BNO2/c1-25(2)21-16-19(17-22-24(21)31(13,27(25,5)6)28(7,8)26(22,3)4)23-15-14-20(18-33-23)32-34-29(9,10)30(11,12)35-32/h14-18H,1-13H3. The average Bonchev–Trinajstić information content (AvgIpc) is 3.10. The molecule has 0 saturated carbocycles. The molecule has 0 atom stereocenters. The van der Waals surface area contributed by atoms with E-state index < -0.39 is 0 Å². The summed E-state index contributed by atoms with van der Waals surface area (Å²) in [6.07, 6.45) is 1.93. The first-order valence-corrected chi connectivity index (χ1v) is 13.3. The summed E-state index contributed by atoms with van der Waals surface area (Å²) >= 11 is 0. The molecule has 2 heterocycles. The Morgan fingerprint density at radius 2 is 1.11 bits per heavy atom. The molecule has 2 aromatic rings. The third kappa shape index (κ3) is 2.69. The van der Waals surface area contributed by atoms with E-state index in [9.17, 15) is 0 Å². The molecule has 0 unspecified atom stereocenters. The summed E-state index contributed by atoms with van der Waals surface area (Å²) in [5.74, 6) is 0. The molecule has 0 bridgehead atoms. The first-order chi connectivity index (χ1) is 15.7. The van der Waals surface area contributed by atoms with Crippen molar-refractivity contribution in [2.75, 3.05) is 0 Å². The molecule has 1 fully saturated rings. The zero-order valence-electron chi connectivity index (χ0n) is 24.2. The van der Waals surface area contributed by atoms with Gasteiger partial charge >= 0.3 is 7.12 Å². The molecule has 1 aromatic carbocycles. The van der Waals surface area contributed by atoms with E-state index >= 15 is 0 Å². The van der Waals surface area contributed by atoms with E-state index in [1.165, 1.54) is 16.7 Å². The lowest BCUT2D eigenvalue weighted by atomic mass is 9.47. The molecule has 0 amide bonds. The van der Waals surface area contributed by atoms with Gasteiger partial charge in [-0.25, -0.2) is 0 Å². The average molecular weight is 474 g/mol. The van der Waals surface area contributed by atoms with Gasteiger partial charge in [0, 0.05) is 22.6 Å². The smallest absolute Gasteiger partial charge is 0.399 e. The van der Waals surface area contributed by atoms with Crippen molar-refractivity contribution < 1.29 is 9.31 Å². The maximum absolute atomic E-state index is 6.25. The molecule has 1 aliphatic heterocycles. The van der Waals surface area contributed by atoms with Crippen molar-refractivity contribution in [2.24, 2.45) is 10.8 Å². The van der Waals surface area contributed by atoms with Crippen molar-refractivity contribution in [1.82, 2.24) is 4.98 Å². The summed E-state index contributed by atoms with van der Waals surface area (Å²) in [5, 5.41) is 0. The van der Waals surface area contributed by atoms with Gasteiger partial charge in [0.05, 0.1) is 16.9 Å². The molecule has 2 aliphatic carbocycles. The largest absolute Gasteiger partial charge is 0.496 e. The zero-order valence-corrected chi connectivity index (χ0v) is 24.2. The van der Waals surface area contributed by atoms with E-state index in [4.69, 9.17) is 14.3 Å². The van der Waals surface area contributed by atoms with Crippen LogP contribution in [0.25, 0.3) is 11.3 Å². The highest BCUT2D eigenvalue weighted by Gasteiger charge is 2.72. The molecule has 5 rings (SSSR count). The van der Waals surface area contributed by atoms with Gasteiger partial charge in [-0.3, -0.25) is 4.98 Å². The van der Waals surface area contributed by atoms with Crippen LogP contribution < -0.4 is 5.46 Å². The van der Waals surface area contributed by atoms with Crippen LogP contribution in [0.15, 0.2) is 30.5 Å². The highest BCUT2D eigenvalue weighted by Crippen LogP contribution is 2.76. The Morgan fingerprint density at radius 1 is 0.657 bits per heavy atom. The van der Waals surface area contributed by atoms with Gasteiger partial charge in [-0.15, -0.1) is 0 Å². The van der Waals surface area contributed by atoms with Crippen LogP contribution in [0, 0.1) is 10.8 Å². The zero-order chi connectivity index (χ0) is 26.2. The second kappa shape index (κ2) is 6.61. The van der Waals surface area contributed by atoms with E-state index in [0.717, 1.165) is 11.2 Å². The third-order valence-electron chi connectivity index (χ3n) is 12.2. The van der Waals surface area contributed by atoms with Crippen LogP contribution in [0.3, 0.4) is 0 Å². The van der Waals surface area contributed by atoms with Gasteiger partial charge in [-0.2, -0.15) is 0 Å². The Hall–Kier alpha value is -1.65. The lowest BCUT2D eigenvalue weighted by Crippen LogP contribution is -2.55. The Labute approximate surface area is 213 Å². The maximum atomic E-state index is 6.25. The van der Waals surface area contributed by atoms with Crippen LogP contribution in [0.2, 0.25) is 0 Å². The van der Waals surface area contributed by atoms with Crippen molar-refractivity contribution in [2.45, 2.75) is 117 Å². The van der Waals surface area contributed by atoms with Gasteiger partial charge in [0.15, 0.2) is 0 Å². The van der Waals surface area contributed by atoms with Crippen molar-refractivity contribution >= 4 is 12.6 Å². The van der Waals surface area contributed by atoms with Gasteiger partial charge in [-0.05, 0) is 84.2 Å². The number of rotatable bonds is 2. The number of pyridine rings is 1. The quantitative estimate of drug-likeness (QED) is 0.443. The Balaban J connectivity index is 1.62. The van der Waals surface area contributed by atoms with Crippen LogP contribution in [-0.2, 0) is 25.6 Å². The predicted octanol–water partition coefficient (Wildman–Crippen LogP) is 6.94. The van der Waals surface area contributed by atoms with Crippen LogP contribution in [-0.4, -0.2) is 23.3 Å². The number of hydrogen-bond donors (Lipinski definition) is 0. The summed E-state index contributed by atoms with van der Waals surface area (Å²) in [4.78, 5) is 4.93. The molecule has 188 valence electrons. The molecule has 0 radical (unpaired) electrons. The van der Waals surface area contributed by atoms with Crippen molar-refractivity contribution in [1.29, 1.82) is 0 Å². The van der Waals surface area contributed by atoms with E-state index in [-0.39, 0.29) is 45.4 Å². The highest BCUT2D eigenvalue weighted by molar-refractivity contribution is 6.62. The minimum atomic E-state index is -0.389. The Kier molecular flexibility index (Phi) is 4.73. The SMILES string of the molecule is CC1(C)OB(c2ccc(-c3cc4c5c(c3)C(C)(C)C(C)(C)C5(C)C(C)(C)C4(C)C)nc2)OC1(C)C. The summed E-state index contributed by atoms with van der Waals surface area (Å²) < 4.78 is 12.5. The maximum Gasteiger partial charge on any atom is 0.496 e. The van der Waals surface area contributed by atoms with Crippen LogP contribution in [0.4, 0.5) is 0 Å². The van der Waals surface area contributed by atoms with Gasteiger partial charge in [0.1, 0.15) is 0 Å². The predicted molar refractivity (Wildman–Crippen MR) is 146 cm³/mol. The summed E-state index contributed by atoms with van der Waals surface area (Å²) in [5.41, 5.74) is 7.45. The van der Waals surface area contributed by atoms with Crippen LogP contribution >= 0.6 is 0 Å². The molecular weight excluding hydrogens is 429 g/mol. The van der Waals surface area contributed by atoms with E-state index in [0.29, 0.717) is 0 Å². The third-order valence-corrected chi connectivity index (χ3v) is 12.2. The van der Waals surface area contributed by atoms with E-state index in [2.05, 4.69) is 114 Å². The molecule has 1 saturated heterocycles. The minimum Gasteiger partial charge on any atom is -0.399 e. The second-order valence-corrected chi connectivity index (χ2v) is 14.6. The lowest BCUT2D eigenvalue weighted by Gasteiger charge is -2.56. The topological polar surface area (TPSA) is 31.4 Å². The van der Waals surface area contributed by atoms with Gasteiger partial charge in [0.25, 0.3) is 0 Å².